The van der Waals surface area contributed by atoms with Crippen molar-refractivity contribution in [1.82, 2.24) is 5.32 Å². The number of rotatable bonds is 1. The van der Waals surface area contributed by atoms with Crippen LogP contribution >= 0.6 is 23.2 Å². The molecule has 1 heterocycles. The smallest absolute Gasteiger partial charge is 0.0468 e. The molecule has 0 aliphatic carbocycles. The molecule has 1 atom stereocenters. The molecule has 1 saturated heterocycles. The summed E-state index contributed by atoms with van der Waals surface area (Å²) < 4.78 is 0. The van der Waals surface area contributed by atoms with Crippen LogP contribution in [-0.4, -0.2) is 6.54 Å². The fraction of sp³-hybridized carbons (Fsp3) is 0.333. The van der Waals surface area contributed by atoms with E-state index in [1.807, 2.05) is 18.2 Å². The van der Waals surface area contributed by atoms with Crippen LogP contribution in [0.3, 0.4) is 0 Å². The number of benzene rings is 1. The molecule has 1 aromatic carbocycles. The third-order valence-corrected chi connectivity index (χ3v) is 2.83. The van der Waals surface area contributed by atoms with E-state index < -0.39 is 0 Å². The SMILES string of the molecule is Clc1cccc(Cl)c1[C@H]1CCN1. The van der Waals surface area contributed by atoms with Gasteiger partial charge in [-0.25, -0.2) is 0 Å². The van der Waals surface area contributed by atoms with Crippen molar-refractivity contribution in [2.75, 3.05) is 6.54 Å². The van der Waals surface area contributed by atoms with Gasteiger partial charge in [0.2, 0.25) is 0 Å². The molecule has 0 bridgehead atoms. The molecule has 1 fully saturated rings. The first-order valence-electron chi connectivity index (χ1n) is 3.96. The Kier molecular flexibility index (Phi) is 2.26. The molecule has 64 valence electrons. The van der Waals surface area contributed by atoms with Gasteiger partial charge >= 0.3 is 0 Å². The molecule has 0 unspecified atom stereocenters. The third-order valence-electron chi connectivity index (χ3n) is 2.17. The highest BCUT2D eigenvalue weighted by atomic mass is 35.5. The zero-order chi connectivity index (χ0) is 8.55. The molecule has 0 amide bonds. The second-order valence-corrected chi connectivity index (χ2v) is 3.75. The van der Waals surface area contributed by atoms with Crippen molar-refractivity contribution in [1.29, 1.82) is 0 Å². The van der Waals surface area contributed by atoms with Gasteiger partial charge in [0.1, 0.15) is 0 Å². The minimum atomic E-state index is 0.367. The van der Waals surface area contributed by atoms with Gasteiger partial charge in [0.05, 0.1) is 0 Å². The molecule has 12 heavy (non-hydrogen) atoms. The average Bonchev–Trinajstić information content (AvgIpc) is 1.93. The van der Waals surface area contributed by atoms with E-state index in [9.17, 15) is 0 Å². The van der Waals surface area contributed by atoms with E-state index in [1.54, 1.807) is 0 Å². The summed E-state index contributed by atoms with van der Waals surface area (Å²) in [6, 6.07) is 5.99. The second-order valence-electron chi connectivity index (χ2n) is 2.93. The highest BCUT2D eigenvalue weighted by Gasteiger charge is 2.22. The first kappa shape index (κ1) is 8.36. The highest BCUT2D eigenvalue weighted by molar-refractivity contribution is 6.36. The topological polar surface area (TPSA) is 12.0 Å². The molecule has 1 aromatic rings. The molecule has 0 radical (unpaired) electrons. The molecule has 1 aliphatic heterocycles. The van der Waals surface area contributed by atoms with Crippen molar-refractivity contribution < 1.29 is 0 Å². The van der Waals surface area contributed by atoms with Gasteiger partial charge in [0, 0.05) is 21.7 Å². The summed E-state index contributed by atoms with van der Waals surface area (Å²) >= 11 is 12.0. The summed E-state index contributed by atoms with van der Waals surface area (Å²) in [6.07, 6.45) is 1.13. The van der Waals surface area contributed by atoms with Crippen LogP contribution in [0.1, 0.15) is 18.0 Å². The van der Waals surface area contributed by atoms with Gasteiger partial charge in [-0.2, -0.15) is 0 Å². The third kappa shape index (κ3) is 1.33. The summed E-state index contributed by atoms with van der Waals surface area (Å²) in [4.78, 5) is 0. The van der Waals surface area contributed by atoms with Gasteiger partial charge in [0.15, 0.2) is 0 Å². The van der Waals surface area contributed by atoms with Crippen molar-refractivity contribution in [3.63, 3.8) is 0 Å². The minimum absolute atomic E-state index is 0.367. The van der Waals surface area contributed by atoms with Crippen LogP contribution in [0.4, 0.5) is 0 Å². The lowest BCUT2D eigenvalue weighted by atomic mass is 9.98. The lowest BCUT2D eigenvalue weighted by Gasteiger charge is -2.29. The molecule has 1 aliphatic rings. The first-order chi connectivity index (χ1) is 5.79. The van der Waals surface area contributed by atoms with E-state index >= 15 is 0 Å². The largest absolute Gasteiger partial charge is 0.310 e. The minimum Gasteiger partial charge on any atom is -0.310 e. The van der Waals surface area contributed by atoms with Crippen molar-refractivity contribution in [2.24, 2.45) is 0 Å². The Hall–Kier alpha value is -0.240. The Balaban J connectivity index is 2.39. The quantitative estimate of drug-likeness (QED) is 0.737. The molecule has 3 heteroatoms. The van der Waals surface area contributed by atoms with E-state index in [1.165, 1.54) is 0 Å². The zero-order valence-corrected chi connectivity index (χ0v) is 7.99. The molecular weight excluding hydrogens is 193 g/mol. The summed E-state index contributed by atoms with van der Waals surface area (Å²) in [7, 11) is 0. The monoisotopic (exact) mass is 201 g/mol. The fourth-order valence-electron chi connectivity index (χ4n) is 1.38. The van der Waals surface area contributed by atoms with Crippen LogP contribution in [0.25, 0.3) is 0 Å². The number of hydrogen-bond donors (Lipinski definition) is 1. The van der Waals surface area contributed by atoms with Gasteiger partial charge < -0.3 is 5.32 Å². The molecule has 0 spiro atoms. The van der Waals surface area contributed by atoms with Crippen LogP contribution in [0.15, 0.2) is 18.2 Å². The average molecular weight is 202 g/mol. The first-order valence-corrected chi connectivity index (χ1v) is 4.72. The molecule has 0 saturated carbocycles. The zero-order valence-electron chi connectivity index (χ0n) is 6.48. The summed E-state index contributed by atoms with van der Waals surface area (Å²) in [6.45, 7) is 1.06. The summed E-state index contributed by atoms with van der Waals surface area (Å²) in [5.74, 6) is 0. The second kappa shape index (κ2) is 3.25. The van der Waals surface area contributed by atoms with Crippen LogP contribution in [0.2, 0.25) is 10.0 Å². The van der Waals surface area contributed by atoms with Gasteiger partial charge in [-0.3, -0.25) is 0 Å². The Morgan fingerprint density at radius 1 is 1.25 bits per heavy atom. The number of halogens is 2. The van der Waals surface area contributed by atoms with Crippen LogP contribution in [0, 0.1) is 0 Å². The summed E-state index contributed by atoms with van der Waals surface area (Å²) in [5, 5.41) is 4.80. The van der Waals surface area contributed by atoms with Gasteiger partial charge in [0.25, 0.3) is 0 Å². The lowest BCUT2D eigenvalue weighted by Crippen LogP contribution is -2.35. The molecule has 2 rings (SSSR count). The number of hydrogen-bond acceptors (Lipinski definition) is 1. The fourth-order valence-corrected chi connectivity index (χ4v) is 2.04. The lowest BCUT2D eigenvalue weighted by molar-refractivity contribution is 0.383. The van der Waals surface area contributed by atoms with Gasteiger partial charge in [-0.05, 0) is 25.1 Å². The van der Waals surface area contributed by atoms with Crippen LogP contribution in [-0.2, 0) is 0 Å². The highest BCUT2D eigenvalue weighted by Crippen LogP contribution is 2.34. The Bertz CT molecular complexity index is 274. The van der Waals surface area contributed by atoms with E-state index in [2.05, 4.69) is 5.32 Å². The van der Waals surface area contributed by atoms with Gasteiger partial charge in [-0.1, -0.05) is 29.3 Å². The normalized spacial score (nSPS) is 22.0. The Morgan fingerprint density at radius 2 is 1.83 bits per heavy atom. The maximum atomic E-state index is 6.01. The molecular formula is C9H9Cl2N. The summed E-state index contributed by atoms with van der Waals surface area (Å²) in [5.41, 5.74) is 1.05. The van der Waals surface area contributed by atoms with E-state index in [-0.39, 0.29) is 0 Å². The van der Waals surface area contributed by atoms with Crippen LogP contribution in [0.5, 0.6) is 0 Å². The maximum absolute atomic E-state index is 6.01. The van der Waals surface area contributed by atoms with E-state index in [0.29, 0.717) is 6.04 Å². The maximum Gasteiger partial charge on any atom is 0.0468 e. The molecule has 0 aromatic heterocycles. The van der Waals surface area contributed by atoms with Crippen molar-refractivity contribution >= 4 is 23.2 Å². The molecule has 1 nitrogen and oxygen atoms in total. The van der Waals surface area contributed by atoms with Gasteiger partial charge in [-0.15, -0.1) is 0 Å². The predicted molar refractivity (Wildman–Crippen MR) is 51.8 cm³/mol. The van der Waals surface area contributed by atoms with Crippen molar-refractivity contribution in [2.45, 2.75) is 12.5 Å². The van der Waals surface area contributed by atoms with Crippen LogP contribution < -0.4 is 5.32 Å². The predicted octanol–water partition coefficient (Wildman–Crippen LogP) is 3.03. The van der Waals surface area contributed by atoms with E-state index in [4.69, 9.17) is 23.2 Å². The number of nitrogens with one attached hydrogen (secondary N) is 1. The molecule has 1 N–H and O–H groups in total. The Labute approximate surface area is 81.7 Å². The van der Waals surface area contributed by atoms with E-state index in [0.717, 1.165) is 28.6 Å². The van der Waals surface area contributed by atoms with Crippen molar-refractivity contribution in [3.05, 3.63) is 33.8 Å². The Morgan fingerprint density at radius 3 is 2.25 bits per heavy atom. The van der Waals surface area contributed by atoms with Crippen molar-refractivity contribution in [3.8, 4) is 0 Å². The standard InChI is InChI=1S/C9H9Cl2N/c10-6-2-1-3-7(11)9(6)8-4-5-12-8/h1-3,8,12H,4-5H2/t8-/m1/s1.